The number of amides is 1. The Morgan fingerprint density at radius 3 is 2.45 bits per heavy atom. The third kappa shape index (κ3) is 8.12. The highest BCUT2D eigenvalue weighted by Crippen LogP contribution is 2.22. The average Bonchev–Trinajstić information content (AvgIpc) is 3.12. The van der Waals surface area contributed by atoms with Gasteiger partial charge in [-0.05, 0) is 26.7 Å². The quantitative estimate of drug-likeness (QED) is 0.311. The number of rotatable bonds is 8. The van der Waals surface area contributed by atoms with Gasteiger partial charge in [0.2, 0.25) is 5.91 Å². The Labute approximate surface area is 191 Å². The standard InChI is InChI=1S/C20H36N6O2.HI/c1-6-16(7-2)18-12-17(28-24-18)13-22-20(21-5)26-10-8-25(9-11-26)14-19(27)23-15(3)4;/h12,15-16H,6-11,13-14H2,1-5H3,(H,21,22)(H,23,27);1H. The number of carbonyl (C=O) groups excluding carboxylic acids is 1. The largest absolute Gasteiger partial charge is 0.359 e. The molecule has 1 saturated heterocycles. The molecule has 1 aliphatic rings. The van der Waals surface area contributed by atoms with Crippen LogP contribution < -0.4 is 10.6 Å². The molecule has 166 valence electrons. The van der Waals surface area contributed by atoms with Crippen LogP contribution in [-0.2, 0) is 11.3 Å². The van der Waals surface area contributed by atoms with Crippen molar-refractivity contribution in [2.24, 2.45) is 4.99 Å². The van der Waals surface area contributed by atoms with Crippen molar-refractivity contribution in [3.63, 3.8) is 0 Å². The van der Waals surface area contributed by atoms with E-state index in [1.165, 1.54) is 0 Å². The van der Waals surface area contributed by atoms with Crippen LogP contribution in [0.2, 0.25) is 0 Å². The van der Waals surface area contributed by atoms with Crippen LogP contribution in [0.25, 0.3) is 0 Å². The molecular weight excluding hydrogens is 483 g/mol. The van der Waals surface area contributed by atoms with E-state index >= 15 is 0 Å². The number of piperazine rings is 1. The van der Waals surface area contributed by atoms with E-state index in [9.17, 15) is 4.79 Å². The number of nitrogens with one attached hydrogen (secondary N) is 2. The molecule has 0 bridgehead atoms. The Morgan fingerprint density at radius 2 is 1.90 bits per heavy atom. The second kappa shape index (κ2) is 13.0. The van der Waals surface area contributed by atoms with Gasteiger partial charge in [0.25, 0.3) is 0 Å². The zero-order chi connectivity index (χ0) is 20.5. The van der Waals surface area contributed by atoms with E-state index in [0.29, 0.717) is 19.0 Å². The number of aliphatic imine (C=N–C) groups is 1. The van der Waals surface area contributed by atoms with Crippen molar-refractivity contribution >= 4 is 35.8 Å². The van der Waals surface area contributed by atoms with Crippen LogP contribution in [0.4, 0.5) is 0 Å². The summed E-state index contributed by atoms with van der Waals surface area (Å²) < 4.78 is 5.49. The lowest BCUT2D eigenvalue weighted by Gasteiger charge is -2.36. The summed E-state index contributed by atoms with van der Waals surface area (Å²) in [5.74, 6) is 2.22. The maximum absolute atomic E-state index is 11.9. The molecule has 1 amide bonds. The highest BCUT2D eigenvalue weighted by atomic mass is 127. The van der Waals surface area contributed by atoms with Gasteiger partial charge in [0.15, 0.2) is 11.7 Å². The monoisotopic (exact) mass is 520 g/mol. The summed E-state index contributed by atoms with van der Waals surface area (Å²) in [5, 5.41) is 10.5. The van der Waals surface area contributed by atoms with Crippen molar-refractivity contribution in [1.29, 1.82) is 0 Å². The molecule has 1 aromatic rings. The number of nitrogens with zero attached hydrogens (tertiary/aromatic N) is 4. The Kier molecular flexibility index (Phi) is 11.6. The molecule has 2 rings (SSSR count). The molecule has 1 aliphatic heterocycles. The van der Waals surface area contributed by atoms with Gasteiger partial charge in [-0.2, -0.15) is 0 Å². The lowest BCUT2D eigenvalue weighted by Crippen LogP contribution is -2.54. The lowest BCUT2D eigenvalue weighted by atomic mass is 9.99. The van der Waals surface area contributed by atoms with E-state index in [0.717, 1.165) is 56.4 Å². The molecule has 0 aromatic carbocycles. The maximum atomic E-state index is 11.9. The Morgan fingerprint density at radius 1 is 1.24 bits per heavy atom. The maximum Gasteiger partial charge on any atom is 0.234 e. The molecule has 2 heterocycles. The smallest absolute Gasteiger partial charge is 0.234 e. The first-order chi connectivity index (χ1) is 13.5. The highest BCUT2D eigenvalue weighted by Gasteiger charge is 2.21. The van der Waals surface area contributed by atoms with Gasteiger partial charge in [-0.3, -0.25) is 14.7 Å². The van der Waals surface area contributed by atoms with Crippen molar-refractivity contribution in [3.05, 3.63) is 17.5 Å². The van der Waals surface area contributed by atoms with Crippen LogP contribution in [0.15, 0.2) is 15.6 Å². The summed E-state index contributed by atoms with van der Waals surface area (Å²) in [6.07, 6.45) is 2.13. The molecule has 8 nitrogen and oxygen atoms in total. The fourth-order valence-electron chi connectivity index (χ4n) is 3.50. The van der Waals surface area contributed by atoms with E-state index in [1.807, 2.05) is 19.9 Å². The molecule has 0 atom stereocenters. The predicted octanol–water partition coefficient (Wildman–Crippen LogP) is 2.41. The van der Waals surface area contributed by atoms with Crippen LogP contribution in [-0.4, -0.2) is 72.6 Å². The van der Waals surface area contributed by atoms with E-state index in [1.54, 1.807) is 7.05 Å². The molecule has 1 aromatic heterocycles. The second-order valence-electron chi connectivity index (χ2n) is 7.62. The number of guanidine groups is 1. The summed E-state index contributed by atoms with van der Waals surface area (Å²) in [6.45, 7) is 12.7. The summed E-state index contributed by atoms with van der Waals surface area (Å²) in [6, 6.07) is 2.22. The number of hydrogen-bond acceptors (Lipinski definition) is 5. The third-order valence-electron chi connectivity index (χ3n) is 5.10. The minimum atomic E-state index is 0. The molecule has 29 heavy (non-hydrogen) atoms. The van der Waals surface area contributed by atoms with Gasteiger partial charge in [0, 0.05) is 51.3 Å². The molecule has 9 heteroatoms. The number of hydrogen-bond donors (Lipinski definition) is 2. The summed E-state index contributed by atoms with van der Waals surface area (Å²) >= 11 is 0. The van der Waals surface area contributed by atoms with Gasteiger partial charge in [0.1, 0.15) is 0 Å². The summed E-state index contributed by atoms with van der Waals surface area (Å²) in [7, 11) is 1.79. The number of aromatic nitrogens is 1. The van der Waals surface area contributed by atoms with E-state index < -0.39 is 0 Å². The first-order valence-electron chi connectivity index (χ1n) is 10.4. The fourth-order valence-corrected chi connectivity index (χ4v) is 3.50. The van der Waals surface area contributed by atoms with Crippen molar-refractivity contribution in [3.8, 4) is 0 Å². The van der Waals surface area contributed by atoms with Crippen LogP contribution in [0.3, 0.4) is 0 Å². The first kappa shape index (κ1) is 25.7. The minimum Gasteiger partial charge on any atom is -0.359 e. The van der Waals surface area contributed by atoms with Gasteiger partial charge in [-0.25, -0.2) is 0 Å². The third-order valence-corrected chi connectivity index (χ3v) is 5.10. The van der Waals surface area contributed by atoms with Crippen molar-refractivity contribution < 1.29 is 9.32 Å². The number of carbonyl (C=O) groups is 1. The molecule has 0 saturated carbocycles. The van der Waals surface area contributed by atoms with Gasteiger partial charge < -0.3 is 20.1 Å². The number of halogens is 1. The van der Waals surface area contributed by atoms with Gasteiger partial charge >= 0.3 is 0 Å². The zero-order valence-electron chi connectivity index (χ0n) is 18.4. The molecule has 0 spiro atoms. The van der Waals surface area contributed by atoms with Gasteiger partial charge in [0.05, 0.1) is 18.8 Å². The molecule has 0 radical (unpaired) electrons. The minimum absolute atomic E-state index is 0. The van der Waals surface area contributed by atoms with Gasteiger partial charge in [-0.1, -0.05) is 19.0 Å². The van der Waals surface area contributed by atoms with E-state index in [2.05, 4.69) is 44.4 Å². The van der Waals surface area contributed by atoms with Gasteiger partial charge in [-0.15, -0.1) is 24.0 Å². The molecule has 0 unspecified atom stereocenters. The molecule has 0 aliphatic carbocycles. The summed E-state index contributed by atoms with van der Waals surface area (Å²) in [4.78, 5) is 20.7. The SMILES string of the molecule is CCC(CC)c1cc(CNC(=NC)N2CCN(CC(=O)NC(C)C)CC2)on1.I. The normalized spacial score (nSPS) is 15.6. The van der Waals surface area contributed by atoms with E-state index in [-0.39, 0.29) is 35.9 Å². The molecule has 2 N–H and O–H groups in total. The van der Waals surface area contributed by atoms with Crippen molar-refractivity contribution in [2.45, 2.75) is 59.0 Å². The Balaban J connectivity index is 0.00000420. The average molecular weight is 520 g/mol. The molecular formula is C20H37IN6O2. The Bertz CT molecular complexity index is 637. The Hall–Kier alpha value is -1.36. The first-order valence-corrected chi connectivity index (χ1v) is 10.4. The van der Waals surface area contributed by atoms with Crippen LogP contribution in [0, 0.1) is 0 Å². The summed E-state index contributed by atoms with van der Waals surface area (Å²) in [5.41, 5.74) is 1.03. The van der Waals surface area contributed by atoms with E-state index in [4.69, 9.17) is 4.52 Å². The van der Waals surface area contributed by atoms with Crippen LogP contribution in [0.5, 0.6) is 0 Å². The lowest BCUT2D eigenvalue weighted by molar-refractivity contribution is -0.123. The fraction of sp³-hybridized carbons (Fsp3) is 0.750. The second-order valence-corrected chi connectivity index (χ2v) is 7.62. The van der Waals surface area contributed by atoms with Crippen molar-refractivity contribution in [1.82, 2.24) is 25.6 Å². The topological polar surface area (TPSA) is 86.0 Å². The van der Waals surface area contributed by atoms with Crippen molar-refractivity contribution in [2.75, 3.05) is 39.8 Å². The zero-order valence-corrected chi connectivity index (χ0v) is 20.7. The van der Waals surface area contributed by atoms with Crippen LogP contribution in [0.1, 0.15) is 57.9 Å². The highest BCUT2D eigenvalue weighted by molar-refractivity contribution is 14.0. The molecule has 1 fully saturated rings. The predicted molar refractivity (Wildman–Crippen MR) is 127 cm³/mol. The van der Waals surface area contributed by atoms with Crippen LogP contribution >= 0.6 is 24.0 Å².